The summed E-state index contributed by atoms with van der Waals surface area (Å²) >= 11 is 1.68. The van der Waals surface area contributed by atoms with E-state index in [1.165, 1.54) is 12.1 Å². The molecule has 6 heteroatoms. The maximum atomic E-state index is 14.2. The molecule has 0 radical (unpaired) electrons. The third kappa shape index (κ3) is 3.77. The molecule has 1 aromatic rings. The van der Waals surface area contributed by atoms with Gasteiger partial charge in [0.15, 0.2) is 6.29 Å². The van der Waals surface area contributed by atoms with Crippen molar-refractivity contribution in [3.8, 4) is 0 Å². The molecular weight excluding hydrogens is 334 g/mol. The minimum atomic E-state index is -0.698. The van der Waals surface area contributed by atoms with Crippen LogP contribution in [-0.4, -0.2) is 36.6 Å². The number of ether oxygens (including phenoxy) is 3. The highest BCUT2D eigenvalue weighted by molar-refractivity contribution is 8.00. The Bertz CT molecular complexity index is 569. The molecule has 2 atom stereocenters. The first-order valence-corrected chi connectivity index (χ1v) is 9.40. The van der Waals surface area contributed by atoms with Crippen molar-refractivity contribution in [2.45, 2.75) is 49.7 Å². The van der Waals surface area contributed by atoms with Crippen LogP contribution < -0.4 is 0 Å². The Morgan fingerprint density at radius 1 is 1.33 bits per heavy atom. The van der Waals surface area contributed by atoms with E-state index >= 15 is 0 Å². The van der Waals surface area contributed by atoms with Crippen molar-refractivity contribution in [2.75, 3.05) is 25.6 Å². The molecule has 3 rings (SSSR count). The Morgan fingerprint density at radius 3 is 2.75 bits per heavy atom. The number of rotatable bonds is 7. The number of hydrogen-bond donors (Lipinski definition) is 0. The fourth-order valence-electron chi connectivity index (χ4n) is 3.15. The third-order valence-electron chi connectivity index (χ3n) is 4.76. The Kier molecular flexibility index (Phi) is 5.49. The molecule has 0 saturated carbocycles. The molecule has 2 saturated heterocycles. The van der Waals surface area contributed by atoms with Gasteiger partial charge in [0, 0.05) is 28.7 Å². The van der Waals surface area contributed by atoms with Crippen molar-refractivity contribution in [1.29, 1.82) is 0 Å². The Hall–Kier alpha value is -0.690. The maximum absolute atomic E-state index is 14.2. The number of epoxide rings is 1. The average Bonchev–Trinajstić information content (AvgIpc) is 3.35. The summed E-state index contributed by atoms with van der Waals surface area (Å²) in [4.78, 5) is 0. The highest BCUT2D eigenvalue weighted by Crippen LogP contribution is 2.54. The van der Waals surface area contributed by atoms with Crippen LogP contribution in [0.4, 0.5) is 8.78 Å². The molecule has 2 unspecified atom stereocenters. The van der Waals surface area contributed by atoms with Crippen LogP contribution in [0.2, 0.25) is 0 Å². The zero-order valence-electron chi connectivity index (χ0n) is 14.1. The second kappa shape index (κ2) is 7.28. The fraction of sp³-hybridized carbons (Fsp3) is 0.667. The third-order valence-corrected chi connectivity index (χ3v) is 6.18. The quantitative estimate of drug-likeness (QED) is 0.539. The van der Waals surface area contributed by atoms with Crippen LogP contribution >= 0.6 is 11.8 Å². The van der Waals surface area contributed by atoms with Gasteiger partial charge in [0.1, 0.15) is 17.2 Å². The molecule has 0 N–H and O–H groups in total. The highest BCUT2D eigenvalue weighted by atomic mass is 32.2. The molecule has 0 bridgehead atoms. The average molecular weight is 358 g/mol. The van der Waals surface area contributed by atoms with Crippen molar-refractivity contribution in [3.63, 3.8) is 0 Å². The summed E-state index contributed by atoms with van der Waals surface area (Å²) in [7, 11) is 0. The van der Waals surface area contributed by atoms with Gasteiger partial charge in [0.25, 0.3) is 0 Å². The minimum Gasteiger partial charge on any atom is -0.363 e. The lowest BCUT2D eigenvalue weighted by molar-refractivity contribution is -0.158. The van der Waals surface area contributed by atoms with Gasteiger partial charge in [-0.1, -0.05) is 6.07 Å². The Balaban J connectivity index is 1.56. The van der Waals surface area contributed by atoms with Gasteiger partial charge >= 0.3 is 0 Å². The van der Waals surface area contributed by atoms with Gasteiger partial charge in [-0.3, -0.25) is 0 Å². The van der Waals surface area contributed by atoms with Crippen LogP contribution in [-0.2, 0) is 19.8 Å². The van der Waals surface area contributed by atoms with Gasteiger partial charge in [0.05, 0.1) is 13.2 Å². The van der Waals surface area contributed by atoms with Gasteiger partial charge in [-0.15, -0.1) is 11.8 Å². The van der Waals surface area contributed by atoms with Crippen LogP contribution in [0.15, 0.2) is 18.2 Å². The van der Waals surface area contributed by atoms with Crippen molar-refractivity contribution in [2.24, 2.45) is 0 Å². The van der Waals surface area contributed by atoms with E-state index in [1.807, 2.05) is 13.8 Å². The topological polar surface area (TPSA) is 31.0 Å². The van der Waals surface area contributed by atoms with E-state index in [4.69, 9.17) is 14.2 Å². The van der Waals surface area contributed by atoms with E-state index in [1.54, 1.807) is 11.8 Å². The van der Waals surface area contributed by atoms with E-state index in [9.17, 15) is 8.78 Å². The first-order valence-electron chi connectivity index (χ1n) is 8.41. The van der Waals surface area contributed by atoms with E-state index in [0.29, 0.717) is 18.8 Å². The van der Waals surface area contributed by atoms with Gasteiger partial charge in [-0.05, 0) is 39.2 Å². The maximum Gasteiger partial charge on any atom is 0.157 e. The van der Waals surface area contributed by atoms with Crippen molar-refractivity contribution in [1.82, 2.24) is 0 Å². The molecule has 0 amide bonds. The Morgan fingerprint density at radius 2 is 2.12 bits per heavy atom. The van der Waals surface area contributed by atoms with Crippen LogP contribution in [0.1, 0.15) is 38.7 Å². The van der Waals surface area contributed by atoms with E-state index in [-0.39, 0.29) is 11.0 Å². The van der Waals surface area contributed by atoms with E-state index in [0.717, 1.165) is 37.7 Å². The Labute approximate surface area is 146 Å². The molecule has 0 spiro atoms. The molecule has 134 valence electrons. The van der Waals surface area contributed by atoms with Crippen LogP contribution in [0.5, 0.6) is 0 Å². The summed E-state index contributed by atoms with van der Waals surface area (Å²) in [5.74, 6) is -0.354. The van der Waals surface area contributed by atoms with E-state index in [2.05, 4.69) is 0 Å². The molecule has 24 heavy (non-hydrogen) atoms. The molecule has 0 aliphatic carbocycles. The largest absolute Gasteiger partial charge is 0.363 e. The summed E-state index contributed by atoms with van der Waals surface area (Å²) in [6.07, 6.45) is 3.10. The molecule has 0 aromatic heterocycles. The zero-order chi connectivity index (χ0) is 17.2. The molecule has 2 aliphatic heterocycles. The lowest BCUT2D eigenvalue weighted by atomic mass is 9.87. The summed E-state index contributed by atoms with van der Waals surface area (Å²) in [5, 5.41) is 0. The molecule has 1 aromatic carbocycles. The minimum absolute atomic E-state index is 0.0943. The summed E-state index contributed by atoms with van der Waals surface area (Å²) in [6.45, 7) is 5.86. The van der Waals surface area contributed by atoms with E-state index < -0.39 is 17.2 Å². The highest BCUT2D eigenvalue weighted by Gasteiger charge is 2.59. The van der Waals surface area contributed by atoms with Crippen LogP contribution in [0, 0.1) is 11.6 Å². The smallest absolute Gasteiger partial charge is 0.157 e. The standard InChI is InChI=1S/C18H24F2O3S/c1-17(2,24-10-9-22-16-5-3-4-8-21-16)18(12-23-18)14-7-6-13(19)11-15(14)20/h6-7,11,16H,3-5,8-10,12H2,1-2H3. The summed E-state index contributed by atoms with van der Waals surface area (Å²) in [6, 6.07) is 3.70. The molecule has 2 aliphatic rings. The van der Waals surface area contributed by atoms with Crippen LogP contribution in [0.3, 0.4) is 0 Å². The summed E-state index contributed by atoms with van der Waals surface area (Å²) in [5.41, 5.74) is -0.269. The number of thioether (sulfide) groups is 1. The number of benzene rings is 1. The first kappa shape index (κ1) is 18.1. The predicted molar refractivity (Wildman–Crippen MR) is 90.1 cm³/mol. The second-order valence-corrected chi connectivity index (χ2v) is 8.48. The molecule has 2 heterocycles. The molecule has 2 fully saturated rings. The SMILES string of the molecule is CC(C)(SCCOC1CCCCO1)C1(c2ccc(F)cc2F)CO1. The zero-order valence-corrected chi connectivity index (χ0v) is 15.0. The predicted octanol–water partition coefficient (Wildman–Crippen LogP) is 4.25. The van der Waals surface area contributed by atoms with Crippen molar-refractivity contribution < 1.29 is 23.0 Å². The van der Waals surface area contributed by atoms with Crippen molar-refractivity contribution >= 4 is 11.8 Å². The molecule has 3 nitrogen and oxygen atoms in total. The normalized spacial score (nSPS) is 27.2. The van der Waals surface area contributed by atoms with Crippen molar-refractivity contribution in [3.05, 3.63) is 35.4 Å². The number of hydrogen-bond acceptors (Lipinski definition) is 4. The lowest BCUT2D eigenvalue weighted by Gasteiger charge is -2.32. The summed E-state index contributed by atoms with van der Waals surface area (Å²) < 4.78 is 44.0. The number of halogens is 2. The monoisotopic (exact) mass is 358 g/mol. The molecular formula is C18H24F2O3S. The van der Waals surface area contributed by atoms with Gasteiger partial charge in [0.2, 0.25) is 0 Å². The van der Waals surface area contributed by atoms with Crippen LogP contribution in [0.25, 0.3) is 0 Å². The second-order valence-electron chi connectivity index (χ2n) is 6.77. The first-order chi connectivity index (χ1) is 11.4. The lowest BCUT2D eigenvalue weighted by Crippen LogP contribution is -2.36. The van der Waals surface area contributed by atoms with Gasteiger partial charge < -0.3 is 14.2 Å². The van der Waals surface area contributed by atoms with Gasteiger partial charge in [-0.25, -0.2) is 8.78 Å². The van der Waals surface area contributed by atoms with Gasteiger partial charge in [-0.2, -0.15) is 0 Å². The fourth-order valence-corrected chi connectivity index (χ4v) is 4.30.